The molecular weight excluding hydrogens is 316 g/mol. The molecule has 25 heavy (non-hydrogen) atoms. The van der Waals surface area contributed by atoms with Gasteiger partial charge in [-0.25, -0.2) is 4.79 Å². The number of nitrogens with one attached hydrogen (secondary N) is 2. The van der Waals surface area contributed by atoms with Crippen molar-refractivity contribution in [2.75, 3.05) is 45.8 Å². The summed E-state index contributed by atoms with van der Waals surface area (Å²) in [5.74, 6) is 0.671. The summed E-state index contributed by atoms with van der Waals surface area (Å²) in [7, 11) is 0. The van der Waals surface area contributed by atoms with E-state index in [0.717, 1.165) is 51.4 Å². The molecule has 0 aromatic heterocycles. The molecule has 0 radical (unpaired) electrons. The van der Waals surface area contributed by atoms with Crippen molar-refractivity contribution >= 4 is 11.9 Å². The lowest BCUT2D eigenvalue weighted by molar-refractivity contribution is -0.121. The highest BCUT2D eigenvalue weighted by molar-refractivity contribution is 5.95. The van der Waals surface area contributed by atoms with Crippen LogP contribution in [-0.4, -0.2) is 67.6 Å². The lowest BCUT2D eigenvalue weighted by atomic mass is 9.89. The number of carbonyl (C=O) groups excluding carboxylic acids is 2. The van der Waals surface area contributed by atoms with Gasteiger partial charge >= 0.3 is 6.03 Å². The minimum Gasteiger partial charge on any atom is -0.338 e. The summed E-state index contributed by atoms with van der Waals surface area (Å²) in [6.07, 6.45) is 10.0. The highest BCUT2D eigenvalue weighted by atomic mass is 16.2. The summed E-state index contributed by atoms with van der Waals surface area (Å²) in [5, 5.41) is 5.16. The van der Waals surface area contributed by atoms with E-state index in [2.05, 4.69) is 27.4 Å². The van der Waals surface area contributed by atoms with E-state index in [1.54, 1.807) is 0 Å². The van der Waals surface area contributed by atoms with Crippen LogP contribution in [0, 0.1) is 5.92 Å². The molecule has 1 aliphatic heterocycles. The van der Waals surface area contributed by atoms with Gasteiger partial charge in [0.15, 0.2) is 0 Å². The summed E-state index contributed by atoms with van der Waals surface area (Å²) in [4.78, 5) is 28.4. The number of carbonyl (C=O) groups is 2. The first kappa shape index (κ1) is 20.2. The van der Waals surface area contributed by atoms with E-state index in [1.165, 1.54) is 38.6 Å². The second kappa shape index (κ2) is 11.5. The maximum atomic E-state index is 12.0. The SMILES string of the molecule is CCCCNC(=O)NC(=O)CN1CCCN(CC2CCCCC2)CC1. The van der Waals surface area contributed by atoms with Gasteiger partial charge in [-0.2, -0.15) is 0 Å². The number of hydrogen-bond acceptors (Lipinski definition) is 4. The van der Waals surface area contributed by atoms with Gasteiger partial charge in [-0.05, 0) is 44.7 Å². The van der Waals surface area contributed by atoms with Gasteiger partial charge in [-0.15, -0.1) is 0 Å². The minimum absolute atomic E-state index is 0.199. The van der Waals surface area contributed by atoms with Crippen molar-refractivity contribution in [3.63, 3.8) is 0 Å². The van der Waals surface area contributed by atoms with Crippen molar-refractivity contribution in [3.05, 3.63) is 0 Å². The largest absolute Gasteiger partial charge is 0.338 e. The quantitative estimate of drug-likeness (QED) is 0.690. The molecule has 1 aliphatic carbocycles. The fraction of sp³-hybridized carbons (Fsp3) is 0.895. The molecule has 2 N–H and O–H groups in total. The summed E-state index contributed by atoms with van der Waals surface area (Å²) < 4.78 is 0. The van der Waals surface area contributed by atoms with Crippen LogP contribution < -0.4 is 10.6 Å². The summed E-state index contributed by atoms with van der Waals surface area (Å²) in [5.41, 5.74) is 0. The number of rotatable bonds is 7. The van der Waals surface area contributed by atoms with E-state index in [4.69, 9.17) is 0 Å². The molecule has 6 heteroatoms. The Hall–Kier alpha value is -1.14. The lowest BCUT2D eigenvalue weighted by Gasteiger charge is -2.28. The van der Waals surface area contributed by atoms with E-state index < -0.39 is 0 Å². The van der Waals surface area contributed by atoms with Gasteiger partial charge in [0.05, 0.1) is 6.54 Å². The van der Waals surface area contributed by atoms with Crippen LogP contribution in [0.25, 0.3) is 0 Å². The Labute approximate surface area is 152 Å². The normalized spacial score (nSPS) is 20.8. The average molecular weight is 353 g/mol. The Morgan fingerprint density at radius 2 is 1.68 bits per heavy atom. The maximum Gasteiger partial charge on any atom is 0.321 e. The Balaban J connectivity index is 1.64. The third kappa shape index (κ3) is 8.19. The Bertz CT molecular complexity index is 410. The van der Waals surface area contributed by atoms with Crippen LogP contribution in [0.4, 0.5) is 4.79 Å². The van der Waals surface area contributed by atoms with Crippen molar-refractivity contribution in [2.24, 2.45) is 5.92 Å². The van der Waals surface area contributed by atoms with Gasteiger partial charge in [-0.1, -0.05) is 32.6 Å². The van der Waals surface area contributed by atoms with Crippen LogP contribution in [0.15, 0.2) is 0 Å². The fourth-order valence-electron chi connectivity index (χ4n) is 3.89. The number of amides is 3. The highest BCUT2D eigenvalue weighted by Crippen LogP contribution is 2.24. The lowest BCUT2D eigenvalue weighted by Crippen LogP contribution is -2.45. The van der Waals surface area contributed by atoms with Crippen molar-refractivity contribution < 1.29 is 9.59 Å². The second-order valence-electron chi connectivity index (χ2n) is 7.59. The monoisotopic (exact) mass is 352 g/mol. The fourth-order valence-corrected chi connectivity index (χ4v) is 3.89. The zero-order chi connectivity index (χ0) is 17.9. The molecule has 0 aromatic rings. The smallest absolute Gasteiger partial charge is 0.321 e. The van der Waals surface area contributed by atoms with Crippen LogP contribution >= 0.6 is 0 Å². The van der Waals surface area contributed by atoms with Crippen LogP contribution in [-0.2, 0) is 4.79 Å². The molecular formula is C19H36N4O2. The maximum absolute atomic E-state index is 12.0. The molecule has 3 amide bonds. The standard InChI is InChI=1S/C19H36N4O2/c1-2-3-10-20-19(25)21-18(24)16-23-12-7-11-22(13-14-23)15-17-8-5-4-6-9-17/h17H,2-16H2,1H3,(H2,20,21,24,25). The van der Waals surface area contributed by atoms with Crippen LogP contribution in [0.1, 0.15) is 58.3 Å². The number of hydrogen-bond donors (Lipinski definition) is 2. The molecule has 144 valence electrons. The zero-order valence-corrected chi connectivity index (χ0v) is 15.9. The Morgan fingerprint density at radius 3 is 2.44 bits per heavy atom. The predicted octanol–water partition coefficient (Wildman–Crippen LogP) is 2.20. The molecule has 1 saturated carbocycles. The zero-order valence-electron chi connectivity index (χ0n) is 15.9. The Kier molecular flexibility index (Phi) is 9.26. The van der Waals surface area contributed by atoms with Crippen LogP contribution in [0.2, 0.25) is 0 Å². The van der Waals surface area contributed by atoms with Gasteiger partial charge < -0.3 is 10.2 Å². The van der Waals surface area contributed by atoms with Crippen LogP contribution in [0.5, 0.6) is 0 Å². The first-order chi connectivity index (χ1) is 12.2. The molecule has 2 rings (SSSR count). The second-order valence-corrected chi connectivity index (χ2v) is 7.59. The Morgan fingerprint density at radius 1 is 0.960 bits per heavy atom. The first-order valence-electron chi connectivity index (χ1n) is 10.2. The average Bonchev–Trinajstić information content (AvgIpc) is 2.81. The number of imide groups is 1. The molecule has 1 saturated heterocycles. The molecule has 0 atom stereocenters. The molecule has 0 bridgehead atoms. The topological polar surface area (TPSA) is 64.7 Å². The van der Waals surface area contributed by atoms with Crippen LogP contribution in [0.3, 0.4) is 0 Å². The molecule has 6 nitrogen and oxygen atoms in total. The van der Waals surface area contributed by atoms with Gasteiger partial charge in [-0.3, -0.25) is 15.0 Å². The van der Waals surface area contributed by atoms with E-state index in [-0.39, 0.29) is 11.9 Å². The van der Waals surface area contributed by atoms with Gasteiger partial charge in [0.2, 0.25) is 5.91 Å². The van der Waals surface area contributed by atoms with Crippen molar-refractivity contribution in [3.8, 4) is 0 Å². The van der Waals surface area contributed by atoms with E-state index >= 15 is 0 Å². The van der Waals surface area contributed by atoms with E-state index in [1.807, 2.05) is 0 Å². The number of urea groups is 1. The molecule has 0 unspecified atom stereocenters. The van der Waals surface area contributed by atoms with Crippen molar-refractivity contribution in [2.45, 2.75) is 58.3 Å². The van der Waals surface area contributed by atoms with Gasteiger partial charge in [0.1, 0.15) is 0 Å². The van der Waals surface area contributed by atoms with Crippen molar-refractivity contribution in [1.82, 2.24) is 20.4 Å². The number of nitrogens with zero attached hydrogens (tertiary/aromatic N) is 2. The molecule has 1 heterocycles. The molecule has 0 spiro atoms. The van der Waals surface area contributed by atoms with Crippen molar-refractivity contribution in [1.29, 1.82) is 0 Å². The summed E-state index contributed by atoms with van der Waals surface area (Å²) in [6, 6.07) is -0.368. The molecule has 2 aliphatic rings. The van der Waals surface area contributed by atoms with Gasteiger partial charge in [0.25, 0.3) is 0 Å². The third-order valence-corrected chi connectivity index (χ3v) is 5.36. The molecule has 0 aromatic carbocycles. The van der Waals surface area contributed by atoms with Gasteiger partial charge in [0, 0.05) is 26.2 Å². The minimum atomic E-state index is -0.368. The summed E-state index contributed by atoms with van der Waals surface area (Å²) in [6.45, 7) is 8.25. The number of unbranched alkanes of at least 4 members (excludes halogenated alkanes) is 1. The molecule has 2 fully saturated rings. The third-order valence-electron chi connectivity index (χ3n) is 5.36. The predicted molar refractivity (Wildman–Crippen MR) is 101 cm³/mol. The first-order valence-corrected chi connectivity index (χ1v) is 10.2. The van der Waals surface area contributed by atoms with E-state index in [0.29, 0.717) is 13.1 Å². The highest BCUT2D eigenvalue weighted by Gasteiger charge is 2.21. The van der Waals surface area contributed by atoms with E-state index in [9.17, 15) is 9.59 Å². The summed E-state index contributed by atoms with van der Waals surface area (Å²) >= 11 is 0.